The van der Waals surface area contributed by atoms with Gasteiger partial charge in [0.05, 0.1) is 16.0 Å². The van der Waals surface area contributed by atoms with Gasteiger partial charge >= 0.3 is 0 Å². The summed E-state index contributed by atoms with van der Waals surface area (Å²) in [5.74, 6) is 0.828. The first-order valence-corrected chi connectivity index (χ1v) is 12.7. The van der Waals surface area contributed by atoms with E-state index in [1.165, 1.54) is 0 Å². The summed E-state index contributed by atoms with van der Waals surface area (Å²) in [6.45, 7) is 0. The Labute approximate surface area is 224 Å². The third-order valence-electron chi connectivity index (χ3n) is 7.04. The maximum atomic E-state index is 12.0. The van der Waals surface area contributed by atoms with Crippen LogP contribution >= 0.6 is 0 Å². The molecule has 0 bridgehead atoms. The molecule has 0 saturated carbocycles. The Morgan fingerprint density at radius 2 is 1.13 bits per heavy atom. The van der Waals surface area contributed by atoms with E-state index >= 15 is 0 Å². The lowest BCUT2D eigenvalue weighted by molar-refractivity contribution is -0.384. The predicted octanol–water partition coefficient (Wildman–Crippen LogP) is 8.21. The molecule has 2 aromatic heterocycles. The van der Waals surface area contributed by atoms with E-state index in [4.69, 9.17) is 4.98 Å². The van der Waals surface area contributed by atoms with Crippen LogP contribution < -0.4 is 0 Å². The van der Waals surface area contributed by atoms with Crippen molar-refractivity contribution in [1.29, 1.82) is 0 Å². The molecule has 0 aliphatic rings. The minimum atomic E-state index is -0.320. The van der Waals surface area contributed by atoms with Crippen LogP contribution in [0.1, 0.15) is 0 Å². The van der Waals surface area contributed by atoms with Gasteiger partial charge in [-0.3, -0.25) is 19.2 Å². The summed E-state index contributed by atoms with van der Waals surface area (Å²) < 4.78 is 4.32. The molecule has 0 radical (unpaired) electrons. The van der Waals surface area contributed by atoms with Gasteiger partial charge in [-0.2, -0.15) is 0 Å². The lowest BCUT2D eigenvalue weighted by Crippen LogP contribution is -1.99. The highest BCUT2D eigenvalue weighted by atomic mass is 16.6. The topological polar surface area (TPSA) is 65.9 Å². The maximum Gasteiger partial charge on any atom is 0.277 e. The van der Waals surface area contributed by atoms with Crippen molar-refractivity contribution in [3.05, 3.63) is 144 Å². The molecule has 7 aromatic rings. The van der Waals surface area contributed by atoms with Crippen molar-refractivity contribution in [3.8, 4) is 33.9 Å². The fourth-order valence-electron chi connectivity index (χ4n) is 5.40. The Morgan fingerprint density at radius 1 is 0.564 bits per heavy atom. The van der Waals surface area contributed by atoms with Crippen molar-refractivity contribution in [1.82, 2.24) is 14.1 Å². The molecular weight excluding hydrogens is 484 g/mol. The van der Waals surface area contributed by atoms with Crippen LogP contribution in [0.2, 0.25) is 0 Å². The van der Waals surface area contributed by atoms with Crippen molar-refractivity contribution in [3.63, 3.8) is 0 Å². The summed E-state index contributed by atoms with van der Waals surface area (Å²) in [5.41, 5.74) is 6.94. The van der Waals surface area contributed by atoms with Crippen molar-refractivity contribution in [2.24, 2.45) is 0 Å². The van der Waals surface area contributed by atoms with E-state index in [9.17, 15) is 10.1 Å². The number of imidazole rings is 1. The summed E-state index contributed by atoms with van der Waals surface area (Å²) >= 11 is 0. The van der Waals surface area contributed by atoms with Gasteiger partial charge < -0.3 is 0 Å². The second-order valence-electron chi connectivity index (χ2n) is 9.29. The SMILES string of the molecule is O=[N+]([O-])c1ccccc1-c1cccc2c3c(nc(-c4ccccc4)n3-c3ccccc3)n(-c3ccccc3)c12. The second-order valence-corrected chi connectivity index (χ2v) is 9.29. The number of hydrogen-bond acceptors (Lipinski definition) is 3. The lowest BCUT2D eigenvalue weighted by atomic mass is 10.0. The number of para-hydroxylation sites is 4. The van der Waals surface area contributed by atoms with Crippen LogP contribution in [0.5, 0.6) is 0 Å². The fraction of sp³-hybridized carbons (Fsp3) is 0. The Hall–Kier alpha value is -5.49. The van der Waals surface area contributed by atoms with Crippen LogP contribution in [0.15, 0.2) is 133 Å². The van der Waals surface area contributed by atoms with Gasteiger partial charge in [-0.05, 0) is 30.3 Å². The predicted molar refractivity (Wildman–Crippen MR) is 155 cm³/mol. The molecule has 186 valence electrons. The van der Waals surface area contributed by atoms with Crippen LogP contribution in [0.4, 0.5) is 5.69 Å². The summed E-state index contributed by atoms with van der Waals surface area (Å²) in [5, 5.41) is 13.0. The summed E-state index contributed by atoms with van der Waals surface area (Å²) in [4.78, 5) is 17.0. The third kappa shape index (κ3) is 3.61. The first-order valence-electron chi connectivity index (χ1n) is 12.7. The largest absolute Gasteiger partial charge is 0.292 e. The van der Waals surface area contributed by atoms with Crippen molar-refractivity contribution < 1.29 is 4.92 Å². The summed E-state index contributed by atoms with van der Waals surface area (Å²) in [6, 6.07) is 43.3. The highest BCUT2D eigenvalue weighted by molar-refractivity contribution is 6.13. The molecule has 0 unspecified atom stereocenters. The molecule has 6 nitrogen and oxygen atoms in total. The van der Waals surface area contributed by atoms with Gasteiger partial charge in [0.2, 0.25) is 0 Å². The number of fused-ring (bicyclic) bond motifs is 3. The molecule has 0 atom stereocenters. The number of nitrogens with zero attached hydrogens (tertiary/aromatic N) is 4. The minimum Gasteiger partial charge on any atom is -0.292 e. The second kappa shape index (κ2) is 9.11. The number of benzene rings is 5. The van der Waals surface area contributed by atoms with Crippen LogP contribution in [-0.2, 0) is 0 Å². The standard InChI is InChI=1S/C33H22N4O2/c38-37(39)29-22-11-10-19-26(29)27-20-12-21-28-30(27)35(24-15-6-2-7-16-24)33-31(28)36(25-17-8-3-9-18-25)32(34-33)23-13-4-1-5-14-23/h1-22H. The summed E-state index contributed by atoms with van der Waals surface area (Å²) in [6.07, 6.45) is 0. The van der Waals surface area contributed by atoms with Gasteiger partial charge in [0, 0.05) is 34.0 Å². The van der Waals surface area contributed by atoms with E-state index in [0.717, 1.165) is 50.4 Å². The lowest BCUT2D eigenvalue weighted by Gasteiger charge is -2.12. The van der Waals surface area contributed by atoms with Gasteiger partial charge in [0.15, 0.2) is 5.65 Å². The van der Waals surface area contributed by atoms with Gasteiger partial charge in [-0.15, -0.1) is 0 Å². The van der Waals surface area contributed by atoms with Gasteiger partial charge in [-0.1, -0.05) is 97.1 Å². The van der Waals surface area contributed by atoms with E-state index in [1.54, 1.807) is 12.1 Å². The number of aromatic nitrogens is 3. The van der Waals surface area contributed by atoms with E-state index in [0.29, 0.717) is 5.56 Å². The third-order valence-corrected chi connectivity index (χ3v) is 7.04. The molecule has 0 spiro atoms. The van der Waals surface area contributed by atoms with Gasteiger partial charge in [0.1, 0.15) is 11.3 Å². The molecule has 6 heteroatoms. The minimum absolute atomic E-state index is 0.0689. The van der Waals surface area contributed by atoms with E-state index in [1.807, 2.05) is 91.0 Å². The van der Waals surface area contributed by atoms with Gasteiger partial charge in [-0.25, -0.2) is 4.98 Å². The van der Waals surface area contributed by atoms with E-state index in [-0.39, 0.29) is 10.6 Å². The van der Waals surface area contributed by atoms with E-state index < -0.39 is 0 Å². The zero-order valence-corrected chi connectivity index (χ0v) is 20.8. The van der Waals surface area contributed by atoms with Crippen molar-refractivity contribution in [2.45, 2.75) is 0 Å². The van der Waals surface area contributed by atoms with Crippen molar-refractivity contribution in [2.75, 3.05) is 0 Å². The first-order chi connectivity index (χ1) is 19.2. The highest BCUT2D eigenvalue weighted by Gasteiger charge is 2.26. The van der Waals surface area contributed by atoms with Crippen LogP contribution in [0, 0.1) is 10.1 Å². The molecule has 0 saturated heterocycles. The monoisotopic (exact) mass is 506 g/mol. The number of hydrogen-bond donors (Lipinski definition) is 0. The Balaban J connectivity index is 1.69. The molecular formula is C33H22N4O2. The average Bonchev–Trinajstić information content (AvgIpc) is 3.53. The van der Waals surface area contributed by atoms with Gasteiger partial charge in [0.25, 0.3) is 5.69 Å². The number of rotatable bonds is 5. The Bertz CT molecular complexity index is 1980. The average molecular weight is 507 g/mol. The smallest absolute Gasteiger partial charge is 0.277 e. The molecule has 0 N–H and O–H groups in total. The first kappa shape index (κ1) is 22.7. The molecule has 0 aliphatic heterocycles. The number of nitro benzene ring substituents is 1. The van der Waals surface area contributed by atoms with E-state index in [2.05, 4.69) is 39.5 Å². The quantitative estimate of drug-likeness (QED) is 0.174. The zero-order chi connectivity index (χ0) is 26.3. The Kier molecular flexibility index (Phi) is 5.30. The van der Waals surface area contributed by atoms with Crippen molar-refractivity contribution >= 4 is 27.8 Å². The molecule has 0 fully saturated rings. The zero-order valence-electron chi connectivity index (χ0n) is 20.8. The molecule has 0 aliphatic carbocycles. The Morgan fingerprint density at radius 3 is 1.79 bits per heavy atom. The molecule has 39 heavy (non-hydrogen) atoms. The van der Waals surface area contributed by atoms with Crippen LogP contribution in [-0.4, -0.2) is 19.0 Å². The summed E-state index contributed by atoms with van der Waals surface area (Å²) in [7, 11) is 0. The normalized spacial score (nSPS) is 11.3. The molecule has 0 amide bonds. The molecule has 7 rings (SSSR count). The maximum absolute atomic E-state index is 12.0. The molecule has 2 heterocycles. The fourth-order valence-corrected chi connectivity index (χ4v) is 5.40. The number of nitro groups is 1. The highest BCUT2D eigenvalue weighted by Crippen LogP contribution is 2.42. The van der Waals surface area contributed by atoms with Crippen LogP contribution in [0.25, 0.3) is 56.0 Å². The molecule has 5 aromatic carbocycles. The van der Waals surface area contributed by atoms with Crippen LogP contribution in [0.3, 0.4) is 0 Å².